The van der Waals surface area contributed by atoms with Gasteiger partial charge < -0.3 is 15.4 Å². The zero-order chi connectivity index (χ0) is 22.2. The van der Waals surface area contributed by atoms with Crippen molar-refractivity contribution in [1.82, 2.24) is 10.2 Å². The fraction of sp³-hybridized carbons (Fsp3) is 0.520. The molecule has 4 rings (SSSR count). The molecule has 0 spiro atoms. The highest BCUT2D eigenvalue weighted by molar-refractivity contribution is 6.08. The second kappa shape index (κ2) is 8.60. The lowest BCUT2D eigenvalue weighted by molar-refractivity contribution is -0.117. The Bertz CT molecular complexity index is 973. The zero-order valence-electron chi connectivity index (χ0n) is 18.9. The summed E-state index contributed by atoms with van der Waals surface area (Å²) in [4.78, 5) is 28.0. The Balaban J connectivity index is 1.52. The minimum Gasteiger partial charge on any atom is -0.373 e. The Morgan fingerprint density at radius 2 is 1.68 bits per heavy atom. The number of benzene rings is 2. The molecule has 1 saturated carbocycles. The van der Waals surface area contributed by atoms with Crippen LogP contribution in [0.2, 0.25) is 0 Å². The smallest absolute Gasteiger partial charge is 0.253 e. The van der Waals surface area contributed by atoms with Gasteiger partial charge in [0.05, 0.1) is 23.5 Å². The van der Waals surface area contributed by atoms with Crippen LogP contribution in [-0.2, 0) is 9.53 Å². The maximum Gasteiger partial charge on any atom is 0.253 e. The molecule has 1 aliphatic carbocycles. The van der Waals surface area contributed by atoms with E-state index in [9.17, 15) is 9.59 Å². The van der Waals surface area contributed by atoms with Crippen LogP contribution in [0.15, 0.2) is 36.4 Å². The topological polar surface area (TPSA) is 70.7 Å². The van der Waals surface area contributed by atoms with E-state index in [0.717, 1.165) is 36.7 Å². The summed E-state index contributed by atoms with van der Waals surface area (Å²) in [6.45, 7) is 10.6. The van der Waals surface area contributed by atoms with Crippen LogP contribution in [0, 0.1) is 5.92 Å². The fourth-order valence-corrected chi connectivity index (χ4v) is 4.29. The SMILES string of the molecule is C[C@H]1CN(C(C)(C)CNC(=O)c2cc3ccccc3cc2NC(=O)C2CC2)C[C@H](C)O1. The van der Waals surface area contributed by atoms with Gasteiger partial charge >= 0.3 is 0 Å². The molecule has 0 unspecified atom stereocenters. The van der Waals surface area contributed by atoms with Crippen LogP contribution in [0.3, 0.4) is 0 Å². The quantitative estimate of drug-likeness (QED) is 0.741. The molecule has 1 saturated heterocycles. The summed E-state index contributed by atoms with van der Waals surface area (Å²) in [6.07, 6.45) is 2.18. The average Bonchev–Trinajstić information content (AvgIpc) is 3.56. The molecule has 2 fully saturated rings. The molecule has 0 radical (unpaired) electrons. The van der Waals surface area contributed by atoms with Crippen molar-refractivity contribution < 1.29 is 14.3 Å². The van der Waals surface area contributed by atoms with Crippen LogP contribution >= 0.6 is 0 Å². The Morgan fingerprint density at radius 3 is 2.29 bits per heavy atom. The van der Waals surface area contributed by atoms with Crippen LogP contribution in [-0.4, -0.2) is 54.1 Å². The minimum absolute atomic E-state index is 0.000882. The third-order valence-corrected chi connectivity index (χ3v) is 6.29. The van der Waals surface area contributed by atoms with Crippen LogP contribution in [0.4, 0.5) is 5.69 Å². The lowest BCUT2D eigenvalue weighted by Gasteiger charge is -2.45. The summed E-state index contributed by atoms with van der Waals surface area (Å²) in [5.74, 6) is -0.0909. The van der Waals surface area contributed by atoms with Gasteiger partial charge in [0.1, 0.15) is 0 Å². The number of nitrogens with zero attached hydrogens (tertiary/aromatic N) is 1. The number of amides is 2. The molecule has 2 atom stereocenters. The summed E-state index contributed by atoms with van der Waals surface area (Å²) in [7, 11) is 0. The largest absolute Gasteiger partial charge is 0.373 e. The number of ether oxygens (including phenoxy) is 1. The number of morpholine rings is 1. The molecule has 1 heterocycles. The van der Waals surface area contributed by atoms with Crippen LogP contribution in [0.1, 0.15) is 50.9 Å². The van der Waals surface area contributed by atoms with Gasteiger partial charge in [0.2, 0.25) is 5.91 Å². The van der Waals surface area contributed by atoms with E-state index in [1.165, 1.54) is 0 Å². The predicted octanol–water partition coefficient (Wildman–Crippen LogP) is 3.81. The van der Waals surface area contributed by atoms with Gasteiger partial charge in [-0.25, -0.2) is 0 Å². The van der Waals surface area contributed by atoms with Crippen molar-refractivity contribution in [2.24, 2.45) is 5.92 Å². The second-order valence-electron chi connectivity index (χ2n) is 9.67. The summed E-state index contributed by atoms with van der Waals surface area (Å²) in [5.41, 5.74) is 0.877. The van der Waals surface area contributed by atoms with Gasteiger partial charge in [0, 0.05) is 31.1 Å². The van der Waals surface area contributed by atoms with Crippen molar-refractivity contribution in [3.05, 3.63) is 42.0 Å². The molecule has 1 aliphatic heterocycles. The van der Waals surface area contributed by atoms with Gasteiger partial charge in [0.25, 0.3) is 5.91 Å². The standard InChI is InChI=1S/C25H33N3O3/c1-16-13-28(14-17(2)31-16)25(3,4)15-26-24(30)21-11-19-7-5-6-8-20(19)12-22(21)27-23(29)18-9-10-18/h5-8,11-12,16-18H,9-10,13-15H2,1-4H3,(H,26,30)(H,27,29)/t16-,17-/m0/s1. The summed E-state index contributed by atoms with van der Waals surface area (Å²) < 4.78 is 5.86. The van der Waals surface area contributed by atoms with Crippen molar-refractivity contribution in [2.45, 2.75) is 58.3 Å². The first-order chi connectivity index (χ1) is 14.7. The van der Waals surface area contributed by atoms with E-state index in [4.69, 9.17) is 4.74 Å². The van der Waals surface area contributed by atoms with Gasteiger partial charge in [-0.1, -0.05) is 24.3 Å². The molecule has 2 N–H and O–H groups in total. The number of hydrogen-bond donors (Lipinski definition) is 2. The maximum atomic E-state index is 13.2. The number of carbonyl (C=O) groups is 2. The first kappa shape index (κ1) is 21.8. The molecule has 2 amide bonds. The van der Waals surface area contributed by atoms with E-state index in [0.29, 0.717) is 17.8 Å². The van der Waals surface area contributed by atoms with Crippen molar-refractivity contribution in [1.29, 1.82) is 0 Å². The first-order valence-electron chi connectivity index (χ1n) is 11.3. The highest BCUT2D eigenvalue weighted by Gasteiger charge is 2.34. The van der Waals surface area contributed by atoms with Crippen LogP contribution < -0.4 is 10.6 Å². The predicted molar refractivity (Wildman–Crippen MR) is 123 cm³/mol. The van der Waals surface area contributed by atoms with Crippen molar-refractivity contribution >= 4 is 28.3 Å². The average molecular weight is 424 g/mol. The summed E-state index contributed by atoms with van der Waals surface area (Å²) in [6, 6.07) is 11.7. The Kier molecular flexibility index (Phi) is 6.04. The lowest BCUT2D eigenvalue weighted by Crippen LogP contribution is -2.58. The number of carbonyl (C=O) groups excluding carboxylic acids is 2. The molecule has 6 heteroatoms. The van der Waals surface area contributed by atoms with Crippen molar-refractivity contribution in [3.63, 3.8) is 0 Å². The number of rotatable bonds is 6. The summed E-state index contributed by atoms with van der Waals surface area (Å²) >= 11 is 0. The molecule has 0 bridgehead atoms. The third kappa shape index (κ3) is 5.08. The first-order valence-corrected chi connectivity index (χ1v) is 11.3. The van der Waals surface area contributed by atoms with Gasteiger partial charge in [-0.05, 0) is 63.4 Å². The molecule has 2 aliphatic rings. The van der Waals surface area contributed by atoms with E-state index >= 15 is 0 Å². The van der Waals surface area contributed by atoms with Gasteiger partial charge in [0.15, 0.2) is 0 Å². The number of anilines is 1. The Morgan fingerprint density at radius 1 is 1.06 bits per heavy atom. The third-order valence-electron chi connectivity index (χ3n) is 6.29. The fourth-order valence-electron chi connectivity index (χ4n) is 4.29. The van der Waals surface area contributed by atoms with E-state index < -0.39 is 0 Å². The van der Waals surface area contributed by atoms with Crippen LogP contribution in [0.25, 0.3) is 10.8 Å². The monoisotopic (exact) mass is 423 g/mol. The molecule has 0 aromatic heterocycles. The molecule has 2 aromatic carbocycles. The normalized spacial score (nSPS) is 22.3. The summed E-state index contributed by atoms with van der Waals surface area (Å²) in [5, 5.41) is 8.09. The maximum absolute atomic E-state index is 13.2. The highest BCUT2D eigenvalue weighted by Crippen LogP contribution is 2.32. The molecular formula is C25H33N3O3. The van der Waals surface area contributed by atoms with Crippen LogP contribution in [0.5, 0.6) is 0 Å². The zero-order valence-corrected chi connectivity index (χ0v) is 18.9. The second-order valence-corrected chi connectivity index (χ2v) is 9.67. The molecule has 166 valence electrons. The number of fused-ring (bicyclic) bond motifs is 1. The van der Waals surface area contributed by atoms with Gasteiger partial charge in [-0.2, -0.15) is 0 Å². The van der Waals surface area contributed by atoms with E-state index in [1.54, 1.807) is 0 Å². The minimum atomic E-state index is -0.212. The lowest BCUT2D eigenvalue weighted by atomic mass is 9.99. The number of hydrogen-bond acceptors (Lipinski definition) is 4. The molecule has 6 nitrogen and oxygen atoms in total. The van der Waals surface area contributed by atoms with Gasteiger partial charge in [-0.15, -0.1) is 0 Å². The number of nitrogens with one attached hydrogen (secondary N) is 2. The Hall–Kier alpha value is -2.44. The molecular weight excluding hydrogens is 390 g/mol. The highest BCUT2D eigenvalue weighted by atomic mass is 16.5. The van der Waals surface area contributed by atoms with Crippen molar-refractivity contribution in [2.75, 3.05) is 25.0 Å². The van der Waals surface area contributed by atoms with E-state index in [1.807, 2.05) is 36.4 Å². The molecule has 31 heavy (non-hydrogen) atoms. The van der Waals surface area contributed by atoms with Gasteiger partial charge in [-0.3, -0.25) is 14.5 Å². The van der Waals surface area contributed by atoms with E-state index in [2.05, 4.69) is 43.2 Å². The van der Waals surface area contributed by atoms with E-state index in [-0.39, 0.29) is 35.5 Å². The van der Waals surface area contributed by atoms with Crippen molar-refractivity contribution in [3.8, 4) is 0 Å². The molecule has 2 aromatic rings. The Labute approximate surface area is 184 Å².